The third-order valence-electron chi connectivity index (χ3n) is 4.23. The van der Waals surface area contributed by atoms with E-state index in [1.54, 1.807) is 6.20 Å². The minimum absolute atomic E-state index is 0.173. The fraction of sp³-hybridized carbons (Fsp3) is 0.333. The predicted octanol–water partition coefficient (Wildman–Crippen LogP) is 3.66. The van der Waals surface area contributed by atoms with Gasteiger partial charge in [0.25, 0.3) is 5.56 Å². The number of nitrogens with zero attached hydrogens (tertiary/aromatic N) is 1. The zero-order valence-electron chi connectivity index (χ0n) is 12.4. The van der Waals surface area contributed by atoms with Crippen LogP contribution in [0.3, 0.4) is 0 Å². The van der Waals surface area contributed by atoms with Crippen molar-refractivity contribution in [2.45, 2.75) is 38.1 Å². The summed E-state index contributed by atoms with van der Waals surface area (Å²) in [7, 11) is 0. The highest BCUT2D eigenvalue weighted by Crippen LogP contribution is 2.31. The van der Waals surface area contributed by atoms with E-state index in [4.69, 9.17) is 0 Å². The van der Waals surface area contributed by atoms with E-state index in [1.807, 2.05) is 30.3 Å². The van der Waals surface area contributed by atoms with Gasteiger partial charge in [0, 0.05) is 17.8 Å². The van der Waals surface area contributed by atoms with E-state index >= 15 is 0 Å². The van der Waals surface area contributed by atoms with E-state index in [0.29, 0.717) is 11.6 Å². The first-order chi connectivity index (χ1) is 10.8. The number of hydrogen-bond acceptors (Lipinski definition) is 3. The van der Waals surface area contributed by atoms with Crippen LogP contribution >= 0.6 is 0 Å². The Balaban J connectivity index is 2.06. The van der Waals surface area contributed by atoms with E-state index in [-0.39, 0.29) is 11.1 Å². The van der Waals surface area contributed by atoms with Crippen molar-refractivity contribution in [3.05, 3.63) is 52.4 Å². The molecule has 1 heterocycles. The lowest BCUT2D eigenvalue weighted by molar-refractivity contribution is 0.462. The van der Waals surface area contributed by atoms with Crippen molar-refractivity contribution in [2.24, 2.45) is 0 Å². The molecule has 1 aromatic carbocycles. The molecule has 1 fully saturated rings. The van der Waals surface area contributed by atoms with Gasteiger partial charge in [-0.15, -0.1) is 0 Å². The number of nitrogens with one attached hydrogen (secondary N) is 2. The molecule has 2 N–H and O–H groups in total. The minimum atomic E-state index is -0.337. The Labute approximate surface area is 129 Å². The fourth-order valence-corrected chi connectivity index (χ4v) is 3.12. The highest BCUT2D eigenvalue weighted by molar-refractivity contribution is 5.82. The lowest BCUT2D eigenvalue weighted by Gasteiger charge is -2.25. The van der Waals surface area contributed by atoms with Crippen molar-refractivity contribution in [2.75, 3.05) is 5.32 Å². The molecule has 112 valence electrons. The average molecular weight is 293 g/mol. The molecule has 0 atom stereocenters. The Bertz CT molecular complexity index is 737. The molecule has 1 saturated carbocycles. The van der Waals surface area contributed by atoms with E-state index in [1.165, 1.54) is 19.3 Å². The van der Waals surface area contributed by atoms with Gasteiger partial charge in [-0.2, -0.15) is 5.26 Å². The Morgan fingerprint density at radius 3 is 2.55 bits per heavy atom. The monoisotopic (exact) mass is 293 g/mol. The van der Waals surface area contributed by atoms with Crippen molar-refractivity contribution < 1.29 is 0 Å². The van der Waals surface area contributed by atoms with Crippen LogP contribution in [0, 0.1) is 11.3 Å². The largest absolute Gasteiger partial charge is 0.381 e. The van der Waals surface area contributed by atoms with Crippen molar-refractivity contribution in [3.8, 4) is 17.2 Å². The summed E-state index contributed by atoms with van der Waals surface area (Å²) in [4.78, 5) is 14.7. The second-order valence-electron chi connectivity index (χ2n) is 5.74. The molecule has 0 spiro atoms. The summed E-state index contributed by atoms with van der Waals surface area (Å²) >= 11 is 0. The van der Waals surface area contributed by atoms with Gasteiger partial charge >= 0.3 is 0 Å². The van der Waals surface area contributed by atoms with Crippen LogP contribution in [0.25, 0.3) is 11.1 Å². The first-order valence-electron chi connectivity index (χ1n) is 7.77. The topological polar surface area (TPSA) is 68.7 Å². The summed E-state index contributed by atoms with van der Waals surface area (Å²) in [6, 6.07) is 12.1. The quantitative estimate of drug-likeness (QED) is 0.907. The fourth-order valence-electron chi connectivity index (χ4n) is 3.12. The molecule has 1 aliphatic rings. The number of pyridine rings is 1. The van der Waals surface area contributed by atoms with Gasteiger partial charge in [0.1, 0.15) is 11.6 Å². The van der Waals surface area contributed by atoms with Crippen LogP contribution in [0.15, 0.2) is 41.3 Å². The molecular weight excluding hydrogens is 274 g/mol. The summed E-state index contributed by atoms with van der Waals surface area (Å²) in [6.07, 6.45) is 7.71. The number of anilines is 1. The van der Waals surface area contributed by atoms with Crippen molar-refractivity contribution in [1.82, 2.24) is 4.98 Å². The highest BCUT2D eigenvalue weighted by atomic mass is 16.1. The lowest BCUT2D eigenvalue weighted by atomic mass is 9.94. The number of aromatic amines is 1. The molecule has 0 amide bonds. The number of H-pyrrole nitrogens is 1. The van der Waals surface area contributed by atoms with Gasteiger partial charge in [0.2, 0.25) is 0 Å². The molecule has 2 aromatic rings. The maximum Gasteiger partial charge on any atom is 0.266 e. The molecule has 0 radical (unpaired) electrons. The molecule has 3 rings (SSSR count). The van der Waals surface area contributed by atoms with Gasteiger partial charge in [-0.3, -0.25) is 4.79 Å². The van der Waals surface area contributed by atoms with Crippen LogP contribution in [0.5, 0.6) is 0 Å². The van der Waals surface area contributed by atoms with E-state index in [0.717, 1.165) is 24.1 Å². The van der Waals surface area contributed by atoms with Gasteiger partial charge in [0.05, 0.1) is 5.69 Å². The van der Waals surface area contributed by atoms with Crippen molar-refractivity contribution in [3.63, 3.8) is 0 Å². The van der Waals surface area contributed by atoms with Gasteiger partial charge in [0.15, 0.2) is 0 Å². The molecule has 4 heteroatoms. The standard InChI is InChI=1S/C18H19N3O/c19-11-15-17(13-7-3-1-4-8-13)16(12-20-18(15)22)21-14-9-5-2-6-10-14/h1,3-4,7-8,12,14,21H,2,5-6,9-10H2,(H,20,22). The molecular formula is C18H19N3O. The molecule has 1 aromatic heterocycles. The molecule has 0 saturated heterocycles. The van der Waals surface area contributed by atoms with Crippen LogP contribution in [-0.2, 0) is 0 Å². The second kappa shape index (κ2) is 6.48. The van der Waals surface area contributed by atoms with E-state index < -0.39 is 0 Å². The Morgan fingerprint density at radius 1 is 1.14 bits per heavy atom. The van der Waals surface area contributed by atoms with Crippen LogP contribution in [0.2, 0.25) is 0 Å². The zero-order chi connectivity index (χ0) is 15.4. The van der Waals surface area contributed by atoms with Gasteiger partial charge < -0.3 is 10.3 Å². The van der Waals surface area contributed by atoms with Crippen LogP contribution in [0.4, 0.5) is 5.69 Å². The van der Waals surface area contributed by atoms with Gasteiger partial charge in [-0.1, -0.05) is 49.6 Å². The summed E-state index contributed by atoms with van der Waals surface area (Å²) in [5.74, 6) is 0. The number of rotatable bonds is 3. The average Bonchev–Trinajstić information content (AvgIpc) is 2.58. The Hall–Kier alpha value is -2.54. The van der Waals surface area contributed by atoms with Crippen molar-refractivity contribution in [1.29, 1.82) is 5.26 Å². The normalized spacial score (nSPS) is 15.2. The highest BCUT2D eigenvalue weighted by Gasteiger charge is 2.18. The number of nitriles is 1. The van der Waals surface area contributed by atoms with Crippen molar-refractivity contribution >= 4 is 5.69 Å². The van der Waals surface area contributed by atoms with E-state index in [2.05, 4.69) is 16.4 Å². The maximum absolute atomic E-state index is 12.0. The first-order valence-corrected chi connectivity index (χ1v) is 7.77. The number of hydrogen-bond donors (Lipinski definition) is 2. The first kappa shape index (κ1) is 14.4. The predicted molar refractivity (Wildman–Crippen MR) is 87.7 cm³/mol. The van der Waals surface area contributed by atoms with Crippen LogP contribution < -0.4 is 10.9 Å². The summed E-state index contributed by atoms with van der Waals surface area (Å²) in [5.41, 5.74) is 2.28. The number of aromatic nitrogens is 1. The van der Waals surface area contributed by atoms with Gasteiger partial charge in [-0.05, 0) is 18.4 Å². The SMILES string of the molecule is N#Cc1c(-c2ccccc2)c(NC2CCCCC2)c[nH]c1=O. The third kappa shape index (κ3) is 2.89. The van der Waals surface area contributed by atoms with Crippen LogP contribution in [-0.4, -0.2) is 11.0 Å². The summed E-state index contributed by atoms with van der Waals surface area (Å²) in [5, 5.41) is 12.9. The third-order valence-corrected chi connectivity index (χ3v) is 4.23. The Morgan fingerprint density at radius 2 is 1.86 bits per heavy atom. The second-order valence-corrected chi connectivity index (χ2v) is 5.74. The molecule has 22 heavy (non-hydrogen) atoms. The van der Waals surface area contributed by atoms with Crippen LogP contribution in [0.1, 0.15) is 37.7 Å². The lowest BCUT2D eigenvalue weighted by Crippen LogP contribution is -2.24. The number of benzene rings is 1. The maximum atomic E-state index is 12.0. The molecule has 1 aliphatic carbocycles. The smallest absolute Gasteiger partial charge is 0.266 e. The van der Waals surface area contributed by atoms with Gasteiger partial charge in [-0.25, -0.2) is 0 Å². The molecule has 0 bridgehead atoms. The summed E-state index contributed by atoms with van der Waals surface area (Å²) in [6.45, 7) is 0. The molecule has 0 aliphatic heterocycles. The van der Waals surface area contributed by atoms with E-state index in [9.17, 15) is 10.1 Å². The minimum Gasteiger partial charge on any atom is -0.381 e. The molecule has 0 unspecified atom stereocenters. The summed E-state index contributed by atoms with van der Waals surface area (Å²) < 4.78 is 0. The molecule has 4 nitrogen and oxygen atoms in total. The Kier molecular flexibility index (Phi) is 4.24. The zero-order valence-corrected chi connectivity index (χ0v) is 12.4.